The van der Waals surface area contributed by atoms with Crippen LogP contribution >= 0.6 is 34.8 Å². The molecule has 1 fully saturated rings. The summed E-state index contributed by atoms with van der Waals surface area (Å²) in [6, 6.07) is 9.09. The van der Waals surface area contributed by atoms with E-state index < -0.39 is 19.9 Å². The van der Waals surface area contributed by atoms with E-state index in [1.54, 1.807) is 30.3 Å². The molecule has 0 amide bonds. The summed E-state index contributed by atoms with van der Waals surface area (Å²) in [4.78, 5) is 2.07. The van der Waals surface area contributed by atoms with E-state index in [1.165, 1.54) is 16.6 Å². The van der Waals surface area contributed by atoms with Gasteiger partial charge in [-0.05, 0) is 68.5 Å². The molecule has 6 nitrogen and oxygen atoms in total. The molecule has 0 bridgehead atoms. The highest BCUT2D eigenvalue weighted by Crippen LogP contribution is 2.38. The molecule has 2 aromatic carbocycles. The molecular weight excluding hydrogens is 563 g/mol. The Kier molecular flexibility index (Phi) is 9.88. The van der Waals surface area contributed by atoms with Crippen LogP contribution in [0.4, 0.5) is 11.4 Å². The highest BCUT2D eigenvalue weighted by Gasteiger charge is 2.32. The monoisotopic (exact) mass is 594 g/mol. The highest BCUT2D eigenvalue weighted by molar-refractivity contribution is 7.93. The van der Waals surface area contributed by atoms with Crippen molar-refractivity contribution < 1.29 is 16.8 Å². The molecular formula is C25H33Cl3N2O4S2. The standard InChI is InChI=1S/C25H33Cl3N2O4S2/c1-4-5-7-18(2)30(25-14-20(26)9-11-23(25)28)36(33,34)21-10-12-22(27)24(15-21)29-13-6-8-19(16-29)17-35(3,31)32/h9-12,14-15,18-19H,4-8,13,16-17H2,1-3H3/t18-,19?/m1/s1. The van der Waals surface area contributed by atoms with Crippen molar-refractivity contribution in [1.82, 2.24) is 0 Å². The van der Waals surface area contributed by atoms with E-state index in [2.05, 4.69) is 6.92 Å². The van der Waals surface area contributed by atoms with E-state index in [-0.39, 0.29) is 22.6 Å². The minimum absolute atomic E-state index is 0.0408. The lowest BCUT2D eigenvalue weighted by Gasteiger charge is -2.35. The lowest BCUT2D eigenvalue weighted by Crippen LogP contribution is -2.40. The van der Waals surface area contributed by atoms with Crippen molar-refractivity contribution in [3.05, 3.63) is 51.5 Å². The average molecular weight is 596 g/mol. The van der Waals surface area contributed by atoms with E-state index in [9.17, 15) is 16.8 Å². The number of benzene rings is 2. The van der Waals surface area contributed by atoms with Gasteiger partial charge in [-0.2, -0.15) is 0 Å². The first kappa shape index (κ1) is 29.4. The number of rotatable bonds is 10. The number of hydrogen-bond donors (Lipinski definition) is 0. The molecule has 0 aliphatic carbocycles. The summed E-state index contributed by atoms with van der Waals surface area (Å²) in [5.41, 5.74) is 0.907. The van der Waals surface area contributed by atoms with Gasteiger partial charge >= 0.3 is 0 Å². The minimum Gasteiger partial charge on any atom is -0.370 e. The maximum Gasteiger partial charge on any atom is 0.264 e. The maximum absolute atomic E-state index is 14.1. The van der Waals surface area contributed by atoms with Crippen LogP contribution in [-0.4, -0.2) is 48.0 Å². The number of hydrogen-bond acceptors (Lipinski definition) is 5. The van der Waals surface area contributed by atoms with E-state index in [4.69, 9.17) is 34.8 Å². The third-order valence-corrected chi connectivity index (χ3v) is 10.3. The van der Waals surface area contributed by atoms with Gasteiger partial charge < -0.3 is 4.90 Å². The predicted octanol–water partition coefficient (Wildman–Crippen LogP) is 6.68. The molecule has 2 aromatic rings. The Hall–Kier alpha value is -1.19. The van der Waals surface area contributed by atoms with Crippen molar-refractivity contribution in [2.75, 3.05) is 34.3 Å². The summed E-state index contributed by atoms with van der Waals surface area (Å²) in [6.45, 7) is 5.08. The normalized spacial score (nSPS) is 17.7. The number of sulfonamides is 1. The first-order chi connectivity index (χ1) is 16.8. The topological polar surface area (TPSA) is 74.8 Å². The zero-order chi connectivity index (χ0) is 26.7. The second-order valence-corrected chi connectivity index (χ2v) is 14.8. The quantitative estimate of drug-likeness (QED) is 0.306. The summed E-state index contributed by atoms with van der Waals surface area (Å²) >= 11 is 19.2. The molecule has 1 aliphatic heterocycles. The van der Waals surface area contributed by atoms with Gasteiger partial charge in [0.05, 0.1) is 32.1 Å². The van der Waals surface area contributed by atoms with Gasteiger partial charge in [0.1, 0.15) is 9.84 Å². The van der Waals surface area contributed by atoms with Crippen LogP contribution in [0, 0.1) is 5.92 Å². The summed E-state index contributed by atoms with van der Waals surface area (Å²) < 4.78 is 53.2. The molecule has 36 heavy (non-hydrogen) atoms. The second-order valence-electron chi connectivity index (χ2n) is 9.55. The molecule has 3 rings (SSSR count). The van der Waals surface area contributed by atoms with Crippen LogP contribution in [0.25, 0.3) is 0 Å². The molecule has 0 radical (unpaired) electrons. The molecule has 0 aromatic heterocycles. The molecule has 0 N–H and O–H groups in total. The fraction of sp³-hybridized carbons (Fsp3) is 0.520. The van der Waals surface area contributed by atoms with Crippen molar-refractivity contribution in [2.45, 2.75) is 56.9 Å². The molecule has 1 saturated heterocycles. The number of unbranched alkanes of at least 4 members (excludes halogenated alkanes) is 1. The molecule has 0 saturated carbocycles. The third-order valence-electron chi connectivity index (χ3n) is 6.39. The van der Waals surface area contributed by atoms with Gasteiger partial charge in [0, 0.05) is 30.4 Å². The number of anilines is 2. The zero-order valence-electron chi connectivity index (χ0n) is 20.8. The van der Waals surface area contributed by atoms with Crippen LogP contribution < -0.4 is 9.21 Å². The zero-order valence-corrected chi connectivity index (χ0v) is 24.7. The van der Waals surface area contributed by atoms with Crippen LogP contribution in [0.3, 0.4) is 0 Å². The van der Waals surface area contributed by atoms with Gasteiger partial charge in [-0.1, -0.05) is 54.6 Å². The summed E-state index contributed by atoms with van der Waals surface area (Å²) in [7, 11) is -7.16. The molecule has 200 valence electrons. The van der Waals surface area contributed by atoms with Gasteiger partial charge in [0.25, 0.3) is 10.0 Å². The van der Waals surface area contributed by atoms with E-state index >= 15 is 0 Å². The van der Waals surface area contributed by atoms with Crippen molar-refractivity contribution in [3.8, 4) is 0 Å². The Morgan fingerprint density at radius 3 is 2.42 bits per heavy atom. The third kappa shape index (κ3) is 7.22. The highest BCUT2D eigenvalue weighted by atomic mass is 35.5. The molecule has 1 aliphatic rings. The van der Waals surface area contributed by atoms with Gasteiger partial charge in [-0.3, -0.25) is 4.31 Å². The largest absolute Gasteiger partial charge is 0.370 e. The minimum atomic E-state index is -4.03. The van der Waals surface area contributed by atoms with E-state index in [0.29, 0.717) is 46.0 Å². The first-order valence-corrected chi connectivity index (χ1v) is 16.7. The van der Waals surface area contributed by atoms with Crippen molar-refractivity contribution in [2.24, 2.45) is 5.92 Å². The van der Waals surface area contributed by atoms with Crippen LogP contribution in [0.1, 0.15) is 46.0 Å². The van der Waals surface area contributed by atoms with Crippen molar-refractivity contribution in [1.29, 1.82) is 0 Å². The molecule has 11 heteroatoms. The summed E-state index contributed by atoms with van der Waals surface area (Å²) in [6.07, 6.45) is 5.27. The van der Waals surface area contributed by atoms with Crippen LogP contribution in [0.2, 0.25) is 15.1 Å². The molecule has 2 atom stereocenters. The fourth-order valence-corrected chi connectivity index (χ4v) is 8.24. The van der Waals surface area contributed by atoms with Gasteiger partial charge in [-0.15, -0.1) is 0 Å². The predicted molar refractivity (Wildman–Crippen MR) is 151 cm³/mol. The molecule has 1 heterocycles. The molecule has 0 spiro atoms. The fourth-order valence-electron chi connectivity index (χ4n) is 4.73. The van der Waals surface area contributed by atoms with Crippen molar-refractivity contribution in [3.63, 3.8) is 0 Å². The lowest BCUT2D eigenvalue weighted by molar-refractivity contribution is 0.444. The average Bonchev–Trinajstić information content (AvgIpc) is 2.79. The number of sulfone groups is 1. The molecule has 1 unspecified atom stereocenters. The van der Waals surface area contributed by atoms with Gasteiger partial charge in [0.15, 0.2) is 0 Å². The Labute approximate surface area is 230 Å². The smallest absolute Gasteiger partial charge is 0.264 e. The Balaban J connectivity index is 2.03. The lowest BCUT2D eigenvalue weighted by atomic mass is 9.99. The number of nitrogens with zero attached hydrogens (tertiary/aromatic N) is 2. The van der Waals surface area contributed by atoms with Gasteiger partial charge in [-0.25, -0.2) is 16.8 Å². The second kappa shape index (κ2) is 12.1. The van der Waals surface area contributed by atoms with E-state index in [1.807, 2.05) is 11.8 Å². The first-order valence-electron chi connectivity index (χ1n) is 12.0. The Bertz CT molecular complexity index is 1290. The van der Waals surface area contributed by atoms with Crippen LogP contribution in [0.15, 0.2) is 41.3 Å². The van der Waals surface area contributed by atoms with Crippen LogP contribution in [-0.2, 0) is 19.9 Å². The Morgan fingerprint density at radius 1 is 1.06 bits per heavy atom. The number of piperidine rings is 1. The summed E-state index contributed by atoms with van der Waals surface area (Å²) in [5, 5.41) is 1.10. The SMILES string of the molecule is CCCC[C@@H](C)N(c1cc(Cl)ccc1Cl)S(=O)(=O)c1ccc(Cl)c(N2CCCC(CS(C)(=O)=O)C2)c1. The van der Waals surface area contributed by atoms with Gasteiger partial charge in [0.2, 0.25) is 0 Å². The maximum atomic E-state index is 14.1. The van der Waals surface area contributed by atoms with E-state index in [0.717, 1.165) is 25.7 Å². The summed E-state index contributed by atoms with van der Waals surface area (Å²) in [5.74, 6) is 0.0515. The number of halogens is 3. The van der Waals surface area contributed by atoms with Crippen LogP contribution in [0.5, 0.6) is 0 Å². The van der Waals surface area contributed by atoms with Crippen molar-refractivity contribution >= 4 is 66.0 Å². The Morgan fingerprint density at radius 2 is 1.75 bits per heavy atom.